The lowest BCUT2D eigenvalue weighted by atomic mass is 9.98. The van der Waals surface area contributed by atoms with Crippen molar-refractivity contribution in [2.75, 3.05) is 13.2 Å². The Labute approximate surface area is 223 Å². The summed E-state index contributed by atoms with van der Waals surface area (Å²) in [6, 6.07) is 15.3. The Hall–Kier alpha value is -3.68. The molecule has 1 aliphatic rings. The lowest BCUT2D eigenvalue weighted by Crippen LogP contribution is -2.46. The summed E-state index contributed by atoms with van der Waals surface area (Å²) in [4.78, 5) is 50.6. The molecule has 0 bridgehead atoms. The number of aliphatic carboxylic acids is 1. The van der Waals surface area contributed by atoms with Gasteiger partial charge < -0.3 is 14.6 Å². The van der Waals surface area contributed by atoms with E-state index >= 15 is 0 Å². The topological polar surface area (TPSA) is 110 Å². The summed E-state index contributed by atoms with van der Waals surface area (Å²) in [5.41, 5.74) is 3.77. The van der Waals surface area contributed by atoms with Crippen LogP contribution in [0.2, 0.25) is 0 Å². The van der Waals surface area contributed by atoms with E-state index in [4.69, 9.17) is 14.6 Å². The molecule has 204 valence electrons. The maximum Gasteiger partial charge on any atom is 0.410 e. The molecule has 0 aliphatic heterocycles. The van der Waals surface area contributed by atoms with Crippen LogP contribution in [-0.4, -0.2) is 58.6 Å². The second-order valence-electron chi connectivity index (χ2n) is 10.8. The predicted octanol–water partition coefficient (Wildman–Crippen LogP) is 5.43. The third-order valence-corrected chi connectivity index (χ3v) is 6.64. The first kappa shape index (κ1) is 28.9. The maximum atomic E-state index is 12.9. The maximum absolute atomic E-state index is 12.9. The van der Waals surface area contributed by atoms with Crippen LogP contribution in [0.15, 0.2) is 48.5 Å². The van der Waals surface area contributed by atoms with Crippen molar-refractivity contribution in [3.05, 3.63) is 59.7 Å². The van der Waals surface area contributed by atoms with Gasteiger partial charge in [-0.3, -0.25) is 19.3 Å². The number of hydrogen-bond donors (Lipinski definition) is 1. The van der Waals surface area contributed by atoms with E-state index in [-0.39, 0.29) is 44.1 Å². The number of ether oxygens (including phenoxy) is 2. The molecule has 1 aliphatic carbocycles. The fraction of sp³-hybridized carbons (Fsp3) is 0.467. The van der Waals surface area contributed by atoms with E-state index in [1.807, 2.05) is 24.3 Å². The molecule has 1 N–H and O–H groups in total. The standard InChI is InChI=1S/C30H37NO7/c1-19(28(34)35)17-26(32)20(2)31(29(36)38-30(3,4)5)16-10-15-27(33)37-18-25-23-13-8-6-11-21(23)22-12-7-9-14-24(22)25/h6-9,11-14,19-20,25H,10,15-18H2,1-5H3,(H,34,35)/t19-,20+/m1/s1. The Morgan fingerprint density at radius 3 is 2.03 bits per heavy atom. The predicted molar refractivity (Wildman–Crippen MR) is 143 cm³/mol. The second-order valence-corrected chi connectivity index (χ2v) is 10.8. The normalized spacial score (nSPS) is 14.1. The van der Waals surface area contributed by atoms with Gasteiger partial charge in [0.2, 0.25) is 0 Å². The largest absolute Gasteiger partial charge is 0.481 e. The molecule has 8 nitrogen and oxygen atoms in total. The molecule has 0 spiro atoms. The average molecular weight is 524 g/mol. The van der Waals surface area contributed by atoms with Crippen molar-refractivity contribution in [2.24, 2.45) is 5.92 Å². The van der Waals surface area contributed by atoms with Gasteiger partial charge >= 0.3 is 18.0 Å². The number of Topliss-reactive ketones (excluding diaryl/α,β-unsaturated/α-hetero) is 1. The molecule has 2 atom stereocenters. The number of hydrogen-bond acceptors (Lipinski definition) is 6. The number of benzene rings is 2. The number of carbonyl (C=O) groups is 4. The Morgan fingerprint density at radius 1 is 0.947 bits per heavy atom. The van der Waals surface area contributed by atoms with Gasteiger partial charge in [-0.15, -0.1) is 0 Å². The fourth-order valence-corrected chi connectivity index (χ4v) is 4.58. The Morgan fingerprint density at radius 2 is 1.50 bits per heavy atom. The van der Waals surface area contributed by atoms with Gasteiger partial charge in [0.15, 0.2) is 5.78 Å². The van der Waals surface area contributed by atoms with Crippen LogP contribution < -0.4 is 0 Å². The lowest BCUT2D eigenvalue weighted by molar-refractivity contribution is -0.144. The van der Waals surface area contributed by atoms with Gasteiger partial charge in [0.25, 0.3) is 0 Å². The molecule has 0 heterocycles. The van der Waals surface area contributed by atoms with Crippen LogP contribution in [0, 0.1) is 5.92 Å². The van der Waals surface area contributed by atoms with E-state index in [0.717, 1.165) is 22.3 Å². The molecule has 0 fully saturated rings. The van der Waals surface area contributed by atoms with Gasteiger partial charge in [0.05, 0.1) is 12.0 Å². The summed E-state index contributed by atoms with van der Waals surface area (Å²) >= 11 is 0. The molecule has 2 aromatic rings. The highest BCUT2D eigenvalue weighted by Gasteiger charge is 2.32. The van der Waals surface area contributed by atoms with Crippen LogP contribution in [0.5, 0.6) is 0 Å². The number of nitrogens with zero attached hydrogens (tertiary/aromatic N) is 1. The highest BCUT2D eigenvalue weighted by Crippen LogP contribution is 2.44. The summed E-state index contributed by atoms with van der Waals surface area (Å²) in [5, 5.41) is 9.14. The number of carboxylic acid groups (broad SMARTS) is 1. The molecule has 0 saturated heterocycles. The van der Waals surface area contributed by atoms with Crippen molar-refractivity contribution in [3.63, 3.8) is 0 Å². The summed E-state index contributed by atoms with van der Waals surface area (Å²) in [7, 11) is 0. The Kier molecular flexibility index (Phi) is 9.31. The molecule has 2 aromatic carbocycles. The van der Waals surface area contributed by atoms with E-state index in [0.29, 0.717) is 0 Å². The number of carbonyl (C=O) groups excluding carboxylic acids is 3. The summed E-state index contributed by atoms with van der Waals surface area (Å²) in [6.07, 6.45) is -0.569. The van der Waals surface area contributed by atoms with Crippen molar-refractivity contribution in [1.82, 2.24) is 4.90 Å². The summed E-state index contributed by atoms with van der Waals surface area (Å²) < 4.78 is 11.1. The molecule has 8 heteroatoms. The van der Waals surface area contributed by atoms with Gasteiger partial charge in [0, 0.05) is 25.3 Å². The lowest BCUT2D eigenvalue weighted by Gasteiger charge is -2.31. The van der Waals surface area contributed by atoms with Gasteiger partial charge in [-0.05, 0) is 56.4 Å². The zero-order chi connectivity index (χ0) is 28.0. The molecule has 0 saturated carbocycles. The summed E-state index contributed by atoms with van der Waals surface area (Å²) in [5.74, 6) is -2.77. The van der Waals surface area contributed by atoms with E-state index in [2.05, 4.69) is 24.3 Å². The third kappa shape index (κ3) is 7.21. The average Bonchev–Trinajstić information content (AvgIpc) is 3.17. The quantitative estimate of drug-likeness (QED) is 0.391. The smallest absolute Gasteiger partial charge is 0.410 e. The number of fused-ring (bicyclic) bond motifs is 3. The number of amides is 1. The van der Waals surface area contributed by atoms with Gasteiger partial charge in [-0.25, -0.2) is 4.79 Å². The van der Waals surface area contributed by atoms with Crippen LogP contribution >= 0.6 is 0 Å². The van der Waals surface area contributed by atoms with Crippen molar-refractivity contribution in [2.45, 2.75) is 71.4 Å². The van der Waals surface area contributed by atoms with E-state index in [9.17, 15) is 19.2 Å². The minimum Gasteiger partial charge on any atom is -0.481 e. The monoisotopic (exact) mass is 523 g/mol. The SMILES string of the molecule is C[C@H](CC(=O)[C@H](C)N(CCCC(=O)OCC1c2ccccc2-c2ccccc21)C(=O)OC(C)(C)C)C(=O)O. The Bertz CT molecular complexity index is 1140. The number of esters is 1. The van der Waals surface area contributed by atoms with Crippen LogP contribution in [-0.2, 0) is 23.9 Å². The molecular weight excluding hydrogens is 486 g/mol. The first-order valence-electron chi connectivity index (χ1n) is 13.0. The van der Waals surface area contributed by atoms with Crippen molar-refractivity contribution in [3.8, 4) is 11.1 Å². The first-order valence-corrected chi connectivity index (χ1v) is 13.0. The molecule has 0 radical (unpaired) electrons. The highest BCUT2D eigenvalue weighted by atomic mass is 16.6. The molecule has 0 aromatic heterocycles. The second kappa shape index (κ2) is 12.2. The number of ketones is 1. The minimum absolute atomic E-state index is 0.0431. The zero-order valence-electron chi connectivity index (χ0n) is 22.7. The fourth-order valence-electron chi connectivity index (χ4n) is 4.58. The number of rotatable bonds is 11. The zero-order valence-corrected chi connectivity index (χ0v) is 22.7. The van der Waals surface area contributed by atoms with Crippen LogP contribution in [0.4, 0.5) is 4.79 Å². The Balaban J connectivity index is 1.59. The van der Waals surface area contributed by atoms with Gasteiger partial charge in [-0.2, -0.15) is 0 Å². The van der Waals surface area contributed by atoms with E-state index in [1.54, 1.807) is 27.7 Å². The number of carboxylic acids is 1. The third-order valence-electron chi connectivity index (χ3n) is 6.64. The highest BCUT2D eigenvalue weighted by molar-refractivity contribution is 5.90. The first-order chi connectivity index (χ1) is 17.9. The van der Waals surface area contributed by atoms with Crippen molar-refractivity contribution in [1.29, 1.82) is 0 Å². The van der Waals surface area contributed by atoms with Crippen LogP contribution in [0.1, 0.15) is 70.9 Å². The molecule has 1 amide bonds. The minimum atomic E-state index is -1.08. The van der Waals surface area contributed by atoms with E-state index in [1.165, 1.54) is 11.8 Å². The summed E-state index contributed by atoms with van der Waals surface area (Å²) in [6.45, 7) is 8.46. The molecule has 38 heavy (non-hydrogen) atoms. The molecule has 3 rings (SSSR count). The van der Waals surface area contributed by atoms with Crippen LogP contribution in [0.25, 0.3) is 11.1 Å². The van der Waals surface area contributed by atoms with E-state index < -0.39 is 35.6 Å². The van der Waals surface area contributed by atoms with Gasteiger partial charge in [-0.1, -0.05) is 55.5 Å². The van der Waals surface area contributed by atoms with Crippen molar-refractivity contribution < 1.29 is 33.8 Å². The van der Waals surface area contributed by atoms with Gasteiger partial charge in [0.1, 0.15) is 12.2 Å². The van der Waals surface area contributed by atoms with Crippen molar-refractivity contribution >= 4 is 23.8 Å². The molecule has 0 unspecified atom stereocenters. The molecular formula is C30H37NO7. The van der Waals surface area contributed by atoms with Crippen LogP contribution in [0.3, 0.4) is 0 Å².